The summed E-state index contributed by atoms with van der Waals surface area (Å²) in [6.45, 7) is 0.292. The Labute approximate surface area is 168 Å². The summed E-state index contributed by atoms with van der Waals surface area (Å²) in [5.41, 5.74) is 2.28. The highest BCUT2D eigenvalue weighted by Crippen LogP contribution is 2.18. The highest BCUT2D eigenvalue weighted by atomic mass is 32.2. The van der Waals surface area contributed by atoms with Crippen molar-refractivity contribution in [2.45, 2.75) is 18.1 Å². The van der Waals surface area contributed by atoms with Gasteiger partial charge in [0.15, 0.2) is 5.76 Å². The molecular weight excluding hydrogens is 392 g/mol. The molecule has 0 spiro atoms. The minimum absolute atomic E-state index is 0.0930. The predicted octanol–water partition coefficient (Wildman–Crippen LogP) is 3.58. The highest BCUT2D eigenvalue weighted by Gasteiger charge is 2.17. The molecule has 0 unspecified atom stereocenters. The number of hydrogen-bond donors (Lipinski definition) is 1. The van der Waals surface area contributed by atoms with Gasteiger partial charge in [-0.05, 0) is 47.5 Å². The van der Waals surface area contributed by atoms with Crippen molar-refractivity contribution in [1.82, 2.24) is 0 Å². The van der Waals surface area contributed by atoms with Crippen LogP contribution in [0.25, 0.3) is 0 Å². The Hall–Kier alpha value is -3.57. The van der Waals surface area contributed by atoms with Crippen molar-refractivity contribution in [2.75, 3.05) is 11.6 Å². The summed E-state index contributed by atoms with van der Waals surface area (Å²) in [6.07, 6.45) is 1.36. The summed E-state index contributed by atoms with van der Waals surface area (Å²) in [7, 11) is -3.51. The molecule has 0 atom stereocenters. The Bertz CT molecular complexity index is 1160. The number of nitriles is 1. The molecule has 0 saturated carbocycles. The van der Waals surface area contributed by atoms with Crippen LogP contribution in [0.4, 0.5) is 5.69 Å². The molecule has 3 rings (SSSR count). The van der Waals surface area contributed by atoms with Crippen LogP contribution in [0, 0.1) is 11.3 Å². The number of carbonyl (C=O) groups is 1. The van der Waals surface area contributed by atoms with E-state index in [1.807, 2.05) is 18.2 Å². The molecule has 7 nitrogen and oxygen atoms in total. The standard InChI is InChI=1S/C21H18N2O5S/c1-29(25,26)20-10-9-19(28-20)21(24)23-17-4-2-3-16(13-17)14-27-18-7-5-15(6-8-18)11-12-22/h2-10,13H,11,14H2,1H3,(H,23,24). The zero-order valence-electron chi connectivity index (χ0n) is 15.6. The van der Waals surface area contributed by atoms with Gasteiger partial charge in [0.25, 0.3) is 5.91 Å². The minimum Gasteiger partial charge on any atom is -0.489 e. The monoisotopic (exact) mass is 410 g/mol. The molecule has 1 aromatic heterocycles. The third kappa shape index (κ3) is 5.46. The van der Waals surface area contributed by atoms with E-state index in [2.05, 4.69) is 11.4 Å². The molecule has 29 heavy (non-hydrogen) atoms. The van der Waals surface area contributed by atoms with Crippen LogP contribution in [0.1, 0.15) is 21.7 Å². The van der Waals surface area contributed by atoms with Gasteiger partial charge in [-0.3, -0.25) is 4.79 Å². The van der Waals surface area contributed by atoms with Crippen molar-refractivity contribution >= 4 is 21.4 Å². The fraction of sp³-hybridized carbons (Fsp3) is 0.143. The first kappa shape index (κ1) is 20.2. The SMILES string of the molecule is CS(=O)(=O)c1ccc(C(=O)Nc2cccc(COc3ccc(CC#N)cc3)c2)o1. The molecule has 3 aromatic rings. The van der Waals surface area contributed by atoms with Crippen molar-refractivity contribution in [3.63, 3.8) is 0 Å². The van der Waals surface area contributed by atoms with Gasteiger partial charge in [0, 0.05) is 11.9 Å². The number of rotatable bonds is 7. The molecule has 0 fully saturated rings. The first-order valence-electron chi connectivity index (χ1n) is 8.64. The molecule has 0 radical (unpaired) electrons. The third-order valence-electron chi connectivity index (χ3n) is 3.97. The summed E-state index contributed by atoms with van der Waals surface area (Å²) in [5.74, 6) is 0.0283. The number of nitrogens with zero attached hydrogens (tertiary/aromatic N) is 1. The van der Waals surface area contributed by atoms with E-state index in [4.69, 9.17) is 14.4 Å². The summed E-state index contributed by atoms with van der Waals surface area (Å²) in [4.78, 5) is 12.3. The second kappa shape index (κ2) is 8.63. The van der Waals surface area contributed by atoms with Gasteiger partial charge < -0.3 is 14.5 Å². The Morgan fingerprint density at radius 2 is 1.86 bits per heavy atom. The molecule has 1 heterocycles. The quantitative estimate of drug-likeness (QED) is 0.638. The van der Waals surface area contributed by atoms with Crippen molar-refractivity contribution < 1.29 is 22.4 Å². The number of furan rings is 1. The Balaban J connectivity index is 1.62. The van der Waals surface area contributed by atoms with E-state index < -0.39 is 15.7 Å². The first-order chi connectivity index (χ1) is 13.8. The number of benzene rings is 2. The van der Waals surface area contributed by atoms with Crippen molar-refractivity contribution in [3.8, 4) is 11.8 Å². The molecule has 0 bridgehead atoms. The van der Waals surface area contributed by atoms with Gasteiger partial charge in [0.05, 0.1) is 12.5 Å². The highest BCUT2D eigenvalue weighted by molar-refractivity contribution is 7.90. The van der Waals surface area contributed by atoms with Gasteiger partial charge in [-0.1, -0.05) is 24.3 Å². The van der Waals surface area contributed by atoms with Crippen molar-refractivity contribution in [3.05, 3.63) is 77.6 Å². The molecule has 0 aliphatic heterocycles. The number of amides is 1. The zero-order chi connectivity index (χ0) is 20.9. The van der Waals surface area contributed by atoms with Crippen molar-refractivity contribution in [1.29, 1.82) is 5.26 Å². The normalized spacial score (nSPS) is 10.9. The van der Waals surface area contributed by atoms with Crippen molar-refractivity contribution in [2.24, 2.45) is 0 Å². The van der Waals surface area contributed by atoms with E-state index in [-0.39, 0.29) is 10.9 Å². The van der Waals surface area contributed by atoms with Crippen LogP contribution < -0.4 is 10.1 Å². The van der Waals surface area contributed by atoms with Crippen LogP contribution >= 0.6 is 0 Å². The van der Waals surface area contributed by atoms with Crippen LogP contribution in [-0.4, -0.2) is 20.6 Å². The Morgan fingerprint density at radius 1 is 1.10 bits per heavy atom. The fourth-order valence-corrected chi connectivity index (χ4v) is 3.09. The van der Waals surface area contributed by atoms with Gasteiger partial charge in [-0.15, -0.1) is 0 Å². The van der Waals surface area contributed by atoms with Gasteiger partial charge >= 0.3 is 0 Å². The van der Waals surface area contributed by atoms with Crippen LogP contribution in [0.15, 0.2) is 70.2 Å². The minimum atomic E-state index is -3.51. The lowest BCUT2D eigenvalue weighted by Crippen LogP contribution is -2.11. The lowest BCUT2D eigenvalue weighted by Gasteiger charge is -2.09. The second-order valence-corrected chi connectivity index (χ2v) is 8.26. The molecule has 0 saturated heterocycles. The maximum absolute atomic E-state index is 12.3. The average Bonchev–Trinajstić information content (AvgIpc) is 3.19. The number of anilines is 1. The van der Waals surface area contributed by atoms with Crippen LogP contribution in [-0.2, 0) is 22.9 Å². The molecular formula is C21H18N2O5S. The average molecular weight is 410 g/mol. The van der Waals surface area contributed by atoms with E-state index >= 15 is 0 Å². The molecule has 148 valence electrons. The fourth-order valence-electron chi connectivity index (χ4n) is 2.53. The molecule has 1 N–H and O–H groups in total. The van der Waals surface area contributed by atoms with Crippen LogP contribution in [0.2, 0.25) is 0 Å². The van der Waals surface area contributed by atoms with E-state index in [0.717, 1.165) is 17.4 Å². The number of nitrogens with one attached hydrogen (secondary N) is 1. The van der Waals surface area contributed by atoms with Crippen LogP contribution in [0.5, 0.6) is 5.75 Å². The topological polar surface area (TPSA) is 109 Å². The van der Waals surface area contributed by atoms with E-state index in [1.54, 1.807) is 30.3 Å². The maximum Gasteiger partial charge on any atom is 0.291 e. The lowest BCUT2D eigenvalue weighted by atomic mass is 10.1. The Morgan fingerprint density at radius 3 is 2.52 bits per heavy atom. The number of hydrogen-bond acceptors (Lipinski definition) is 6. The van der Waals surface area contributed by atoms with E-state index in [0.29, 0.717) is 24.5 Å². The van der Waals surface area contributed by atoms with E-state index in [9.17, 15) is 13.2 Å². The van der Waals surface area contributed by atoms with Gasteiger partial charge in [-0.25, -0.2) is 8.42 Å². The first-order valence-corrected chi connectivity index (χ1v) is 10.5. The largest absolute Gasteiger partial charge is 0.489 e. The van der Waals surface area contributed by atoms with Crippen LogP contribution in [0.3, 0.4) is 0 Å². The van der Waals surface area contributed by atoms with Gasteiger partial charge in [0.2, 0.25) is 14.9 Å². The maximum atomic E-state index is 12.3. The Kier molecular flexibility index (Phi) is 6.00. The molecule has 0 aliphatic rings. The molecule has 0 aliphatic carbocycles. The summed E-state index contributed by atoms with van der Waals surface area (Å²) in [6, 6.07) is 19.0. The molecule has 1 amide bonds. The number of carbonyl (C=O) groups excluding carboxylic acids is 1. The summed E-state index contributed by atoms with van der Waals surface area (Å²) < 4.78 is 33.7. The third-order valence-corrected chi connectivity index (χ3v) is 4.92. The van der Waals surface area contributed by atoms with Gasteiger partial charge in [-0.2, -0.15) is 5.26 Å². The predicted molar refractivity (Wildman–Crippen MR) is 106 cm³/mol. The zero-order valence-corrected chi connectivity index (χ0v) is 16.4. The van der Waals surface area contributed by atoms with E-state index in [1.165, 1.54) is 12.1 Å². The number of ether oxygens (including phenoxy) is 1. The lowest BCUT2D eigenvalue weighted by molar-refractivity contribution is 0.0991. The molecule has 2 aromatic carbocycles. The summed E-state index contributed by atoms with van der Waals surface area (Å²) in [5, 5.41) is 11.1. The summed E-state index contributed by atoms with van der Waals surface area (Å²) >= 11 is 0. The second-order valence-electron chi connectivity index (χ2n) is 6.31. The molecule has 8 heteroatoms. The number of sulfone groups is 1. The van der Waals surface area contributed by atoms with Gasteiger partial charge in [0.1, 0.15) is 12.4 Å². The smallest absolute Gasteiger partial charge is 0.291 e.